The van der Waals surface area contributed by atoms with E-state index in [1.807, 2.05) is 0 Å². The maximum Gasteiger partial charge on any atom is 0.328 e. The number of aliphatic carboxylic acids is 1. The van der Waals surface area contributed by atoms with Crippen molar-refractivity contribution in [2.75, 3.05) is 20.7 Å². The number of hydrogen-bond acceptors (Lipinski definition) is 5. The van der Waals surface area contributed by atoms with Gasteiger partial charge in [0.15, 0.2) is 6.04 Å². The van der Waals surface area contributed by atoms with Crippen molar-refractivity contribution >= 4 is 21.9 Å². The number of carboxylic acid groups (broad SMARTS) is 1. The second-order valence-corrected chi connectivity index (χ2v) is 6.51. The Morgan fingerprint density at radius 3 is 2.43 bits per heavy atom. The minimum atomic E-state index is -3.70. The molecule has 0 saturated carbocycles. The molecule has 0 fully saturated rings. The van der Waals surface area contributed by atoms with Gasteiger partial charge in [-0.25, -0.2) is 17.5 Å². The lowest BCUT2D eigenvalue weighted by Gasteiger charge is -2.14. The van der Waals surface area contributed by atoms with Crippen molar-refractivity contribution < 1.29 is 28.2 Å². The molecule has 0 aliphatic rings. The smallest absolute Gasteiger partial charge is 0.328 e. The first-order valence-corrected chi connectivity index (χ1v) is 7.31. The third kappa shape index (κ3) is 4.00. The number of rotatable bonds is 6. The van der Waals surface area contributed by atoms with Gasteiger partial charge in [-0.2, -0.15) is 0 Å². The van der Waals surface area contributed by atoms with Crippen LogP contribution in [-0.4, -0.2) is 61.6 Å². The summed E-state index contributed by atoms with van der Waals surface area (Å²) in [6, 6.07) is 3.74. The number of amides is 1. The van der Waals surface area contributed by atoms with E-state index < -0.39 is 34.5 Å². The van der Waals surface area contributed by atoms with Crippen molar-refractivity contribution in [3.05, 3.63) is 29.8 Å². The largest absolute Gasteiger partial charge is 0.480 e. The molecule has 1 atom stereocenters. The van der Waals surface area contributed by atoms with Crippen LogP contribution in [0.2, 0.25) is 0 Å². The molecule has 0 aromatic heterocycles. The molecular formula is C12H16N2O6S. The quantitative estimate of drug-likeness (QED) is 0.625. The lowest BCUT2D eigenvalue weighted by Crippen LogP contribution is -2.43. The van der Waals surface area contributed by atoms with Crippen LogP contribution >= 0.6 is 0 Å². The fourth-order valence-electron chi connectivity index (χ4n) is 1.44. The fraction of sp³-hybridized carbons (Fsp3) is 0.333. The summed E-state index contributed by atoms with van der Waals surface area (Å²) in [6.07, 6.45) is 0. The molecule has 0 spiro atoms. The van der Waals surface area contributed by atoms with Gasteiger partial charge >= 0.3 is 5.97 Å². The Balaban J connectivity index is 3.06. The van der Waals surface area contributed by atoms with Crippen LogP contribution in [0.25, 0.3) is 0 Å². The van der Waals surface area contributed by atoms with E-state index in [9.17, 15) is 18.0 Å². The number of benzene rings is 1. The van der Waals surface area contributed by atoms with Gasteiger partial charge in [0.05, 0.1) is 11.5 Å². The lowest BCUT2D eigenvalue weighted by atomic mass is 10.2. The number of carbonyl (C=O) groups excluding carboxylic acids is 1. The van der Waals surface area contributed by atoms with Crippen LogP contribution in [-0.2, 0) is 14.8 Å². The predicted molar refractivity (Wildman–Crippen MR) is 73.3 cm³/mol. The summed E-state index contributed by atoms with van der Waals surface area (Å²) in [6.45, 7) is -0.767. The minimum Gasteiger partial charge on any atom is -0.480 e. The lowest BCUT2D eigenvalue weighted by molar-refractivity contribution is -0.140. The van der Waals surface area contributed by atoms with E-state index in [1.54, 1.807) is 0 Å². The number of nitrogens with zero attached hydrogens (tertiary/aromatic N) is 1. The van der Waals surface area contributed by atoms with Crippen LogP contribution in [0.4, 0.5) is 0 Å². The van der Waals surface area contributed by atoms with Crippen molar-refractivity contribution in [3.8, 4) is 0 Å². The molecule has 0 bridgehead atoms. The van der Waals surface area contributed by atoms with Crippen LogP contribution in [0, 0.1) is 0 Å². The Morgan fingerprint density at radius 1 is 1.33 bits per heavy atom. The summed E-state index contributed by atoms with van der Waals surface area (Å²) in [5.74, 6) is -2.17. The van der Waals surface area contributed by atoms with Crippen LogP contribution in [0.5, 0.6) is 0 Å². The average Bonchev–Trinajstić information content (AvgIpc) is 2.44. The van der Waals surface area contributed by atoms with Crippen LogP contribution < -0.4 is 5.32 Å². The molecule has 8 nitrogen and oxygen atoms in total. The van der Waals surface area contributed by atoms with E-state index in [2.05, 4.69) is 5.32 Å². The molecule has 1 unspecified atom stereocenters. The van der Waals surface area contributed by atoms with Crippen molar-refractivity contribution in [2.45, 2.75) is 10.9 Å². The van der Waals surface area contributed by atoms with E-state index in [0.717, 1.165) is 10.4 Å². The summed E-state index contributed by atoms with van der Waals surface area (Å²) >= 11 is 0. The van der Waals surface area contributed by atoms with E-state index in [-0.39, 0.29) is 10.5 Å². The van der Waals surface area contributed by atoms with Gasteiger partial charge < -0.3 is 15.5 Å². The molecule has 0 aliphatic heterocycles. The average molecular weight is 316 g/mol. The van der Waals surface area contributed by atoms with E-state index in [1.165, 1.54) is 32.3 Å². The number of nitrogens with one attached hydrogen (secondary N) is 1. The number of carbonyl (C=O) groups is 2. The first kappa shape index (κ1) is 17.1. The Kier molecular flexibility index (Phi) is 5.41. The van der Waals surface area contributed by atoms with Gasteiger partial charge in [-0.1, -0.05) is 6.07 Å². The highest BCUT2D eigenvalue weighted by atomic mass is 32.2. The topological polar surface area (TPSA) is 124 Å². The highest BCUT2D eigenvalue weighted by molar-refractivity contribution is 7.89. The van der Waals surface area contributed by atoms with Gasteiger partial charge in [-0.15, -0.1) is 0 Å². The third-order valence-corrected chi connectivity index (χ3v) is 4.47. The van der Waals surface area contributed by atoms with Gasteiger partial charge in [0.25, 0.3) is 5.91 Å². The Hall–Kier alpha value is -1.97. The van der Waals surface area contributed by atoms with Crippen molar-refractivity contribution in [1.29, 1.82) is 0 Å². The Morgan fingerprint density at radius 2 is 1.95 bits per heavy atom. The highest BCUT2D eigenvalue weighted by Crippen LogP contribution is 2.14. The van der Waals surface area contributed by atoms with Gasteiger partial charge in [0.1, 0.15) is 0 Å². The zero-order valence-corrected chi connectivity index (χ0v) is 12.3. The van der Waals surface area contributed by atoms with Crippen molar-refractivity contribution in [1.82, 2.24) is 9.62 Å². The maximum absolute atomic E-state index is 12.0. The Labute approximate surface area is 122 Å². The standard InChI is InChI=1S/C12H16N2O6S/c1-14(2)21(19,20)9-5-3-4-8(6-9)11(16)13-10(7-15)12(17)18/h3-6,10,15H,7H2,1-2H3,(H,13,16)(H,17,18). The van der Waals surface area contributed by atoms with Crippen LogP contribution in [0.3, 0.4) is 0 Å². The van der Waals surface area contributed by atoms with Crippen molar-refractivity contribution in [3.63, 3.8) is 0 Å². The third-order valence-electron chi connectivity index (χ3n) is 2.66. The molecule has 1 amide bonds. The summed E-state index contributed by atoms with van der Waals surface area (Å²) in [4.78, 5) is 22.5. The first-order chi connectivity index (χ1) is 9.70. The second kappa shape index (κ2) is 6.66. The number of sulfonamides is 1. The monoisotopic (exact) mass is 316 g/mol. The molecule has 1 aromatic rings. The van der Waals surface area contributed by atoms with Crippen LogP contribution in [0.15, 0.2) is 29.2 Å². The molecule has 1 aromatic carbocycles. The molecule has 21 heavy (non-hydrogen) atoms. The number of aliphatic hydroxyl groups is 1. The summed E-state index contributed by atoms with van der Waals surface area (Å²) in [7, 11) is -0.985. The molecule has 0 saturated heterocycles. The highest BCUT2D eigenvalue weighted by Gasteiger charge is 2.22. The van der Waals surface area contributed by atoms with E-state index in [4.69, 9.17) is 10.2 Å². The summed E-state index contributed by atoms with van der Waals surface area (Å²) in [5, 5.41) is 19.7. The molecular weight excluding hydrogens is 300 g/mol. The Bertz CT molecular complexity index is 641. The van der Waals surface area contributed by atoms with Gasteiger partial charge in [-0.3, -0.25) is 4.79 Å². The predicted octanol–water partition coefficient (Wildman–Crippen LogP) is -0.888. The number of aliphatic hydroxyl groups excluding tert-OH is 1. The molecule has 0 aliphatic carbocycles. The van der Waals surface area contributed by atoms with Crippen LogP contribution in [0.1, 0.15) is 10.4 Å². The molecule has 9 heteroatoms. The summed E-state index contributed by atoms with van der Waals surface area (Å²) < 4.78 is 24.9. The van der Waals surface area contributed by atoms with E-state index in [0.29, 0.717) is 0 Å². The first-order valence-electron chi connectivity index (χ1n) is 5.87. The van der Waals surface area contributed by atoms with Gasteiger partial charge in [0, 0.05) is 19.7 Å². The zero-order chi connectivity index (χ0) is 16.2. The molecule has 116 valence electrons. The number of hydrogen-bond donors (Lipinski definition) is 3. The summed E-state index contributed by atoms with van der Waals surface area (Å²) in [5.41, 5.74) is -0.0161. The van der Waals surface area contributed by atoms with Gasteiger partial charge in [-0.05, 0) is 18.2 Å². The number of carboxylic acids is 1. The fourth-order valence-corrected chi connectivity index (χ4v) is 2.38. The normalized spacial score (nSPS) is 13.0. The van der Waals surface area contributed by atoms with E-state index >= 15 is 0 Å². The maximum atomic E-state index is 12.0. The van der Waals surface area contributed by atoms with Crippen molar-refractivity contribution in [2.24, 2.45) is 0 Å². The molecule has 0 radical (unpaired) electrons. The minimum absolute atomic E-state index is 0.0161. The zero-order valence-electron chi connectivity index (χ0n) is 11.5. The second-order valence-electron chi connectivity index (χ2n) is 4.36. The SMILES string of the molecule is CN(C)S(=O)(=O)c1cccc(C(=O)NC(CO)C(=O)O)c1. The molecule has 3 N–H and O–H groups in total. The molecule has 0 heterocycles. The van der Waals surface area contributed by atoms with Gasteiger partial charge in [0.2, 0.25) is 10.0 Å². The molecule has 1 rings (SSSR count).